The second-order valence-corrected chi connectivity index (χ2v) is 5.86. The molecule has 1 aliphatic heterocycles. The van der Waals surface area contributed by atoms with Crippen LogP contribution in [-0.2, 0) is 0 Å². The predicted octanol–water partition coefficient (Wildman–Crippen LogP) is 2.78. The molecule has 1 unspecified atom stereocenters. The number of nitrogens with one attached hydrogen (secondary N) is 1. The van der Waals surface area contributed by atoms with Crippen LogP contribution in [0.1, 0.15) is 12.8 Å². The standard InChI is InChI=1S/C13H16BrFN2/c14-10-3-4-11(15)13(7-10)17-6-5-16-12(8-17)9-1-2-9/h3-4,7,9,12,16H,1-2,5-6,8H2. The smallest absolute Gasteiger partial charge is 0.146 e. The Kier molecular flexibility index (Phi) is 3.09. The highest BCUT2D eigenvalue weighted by Crippen LogP contribution is 2.35. The number of hydrogen-bond acceptors (Lipinski definition) is 2. The molecule has 1 heterocycles. The lowest BCUT2D eigenvalue weighted by molar-refractivity contribution is 0.416. The van der Waals surface area contributed by atoms with Gasteiger partial charge < -0.3 is 10.2 Å². The van der Waals surface area contributed by atoms with E-state index in [1.54, 1.807) is 6.07 Å². The number of rotatable bonds is 2. The van der Waals surface area contributed by atoms with Crippen LogP contribution >= 0.6 is 15.9 Å². The number of hydrogen-bond donors (Lipinski definition) is 1. The Labute approximate surface area is 109 Å². The quantitative estimate of drug-likeness (QED) is 0.903. The molecule has 0 amide bonds. The van der Waals surface area contributed by atoms with Crippen molar-refractivity contribution in [3.05, 3.63) is 28.5 Å². The lowest BCUT2D eigenvalue weighted by Crippen LogP contribution is -2.52. The fourth-order valence-electron chi connectivity index (χ4n) is 2.54. The van der Waals surface area contributed by atoms with Crippen molar-refractivity contribution in [3.63, 3.8) is 0 Å². The Morgan fingerprint density at radius 3 is 2.94 bits per heavy atom. The van der Waals surface area contributed by atoms with Gasteiger partial charge in [0.25, 0.3) is 0 Å². The van der Waals surface area contributed by atoms with Crippen LogP contribution in [0.3, 0.4) is 0 Å². The third-order valence-electron chi connectivity index (χ3n) is 3.65. The molecule has 17 heavy (non-hydrogen) atoms. The first-order valence-electron chi connectivity index (χ1n) is 6.17. The summed E-state index contributed by atoms with van der Waals surface area (Å²) < 4.78 is 14.8. The third kappa shape index (κ3) is 2.47. The summed E-state index contributed by atoms with van der Waals surface area (Å²) in [6, 6.07) is 5.71. The Balaban J connectivity index is 1.79. The minimum absolute atomic E-state index is 0.121. The molecule has 2 fully saturated rings. The summed E-state index contributed by atoms with van der Waals surface area (Å²) >= 11 is 3.41. The van der Waals surface area contributed by atoms with E-state index < -0.39 is 0 Å². The molecule has 0 spiro atoms. The first-order chi connectivity index (χ1) is 8.24. The minimum Gasteiger partial charge on any atom is -0.366 e. The normalized spacial score (nSPS) is 25.1. The summed E-state index contributed by atoms with van der Waals surface area (Å²) in [5, 5.41) is 3.54. The molecule has 1 aliphatic carbocycles. The van der Waals surface area contributed by atoms with Gasteiger partial charge in [-0.25, -0.2) is 4.39 Å². The SMILES string of the molecule is Fc1ccc(Br)cc1N1CCNC(C2CC2)C1. The van der Waals surface area contributed by atoms with Gasteiger partial charge in [-0.1, -0.05) is 15.9 Å². The van der Waals surface area contributed by atoms with Crippen molar-refractivity contribution in [2.45, 2.75) is 18.9 Å². The molecule has 1 aromatic rings. The van der Waals surface area contributed by atoms with Crippen LogP contribution in [0.25, 0.3) is 0 Å². The topological polar surface area (TPSA) is 15.3 Å². The summed E-state index contributed by atoms with van der Waals surface area (Å²) in [5.74, 6) is 0.692. The van der Waals surface area contributed by atoms with E-state index in [9.17, 15) is 4.39 Å². The zero-order chi connectivity index (χ0) is 11.8. The molecule has 0 radical (unpaired) electrons. The third-order valence-corrected chi connectivity index (χ3v) is 4.14. The molecule has 4 heteroatoms. The molecule has 1 aromatic carbocycles. The fourth-order valence-corrected chi connectivity index (χ4v) is 2.89. The van der Waals surface area contributed by atoms with Gasteiger partial charge in [0.05, 0.1) is 5.69 Å². The van der Waals surface area contributed by atoms with Crippen LogP contribution in [0.15, 0.2) is 22.7 Å². The van der Waals surface area contributed by atoms with E-state index in [0.717, 1.165) is 35.7 Å². The molecule has 0 bridgehead atoms. The molecule has 1 saturated carbocycles. The van der Waals surface area contributed by atoms with Crippen LogP contribution in [0.5, 0.6) is 0 Å². The predicted molar refractivity (Wildman–Crippen MR) is 70.8 cm³/mol. The Bertz CT molecular complexity index is 420. The molecule has 1 saturated heterocycles. The molecule has 2 nitrogen and oxygen atoms in total. The average molecular weight is 299 g/mol. The van der Waals surface area contributed by atoms with Crippen molar-refractivity contribution in [1.29, 1.82) is 0 Å². The lowest BCUT2D eigenvalue weighted by atomic mass is 10.1. The molecule has 92 valence electrons. The average Bonchev–Trinajstić information content (AvgIpc) is 3.17. The van der Waals surface area contributed by atoms with E-state index in [-0.39, 0.29) is 5.82 Å². The second-order valence-electron chi connectivity index (χ2n) is 4.94. The maximum Gasteiger partial charge on any atom is 0.146 e. The largest absolute Gasteiger partial charge is 0.366 e. The van der Waals surface area contributed by atoms with Crippen molar-refractivity contribution in [1.82, 2.24) is 5.32 Å². The van der Waals surface area contributed by atoms with Crippen LogP contribution in [-0.4, -0.2) is 25.7 Å². The van der Waals surface area contributed by atoms with E-state index in [4.69, 9.17) is 0 Å². The zero-order valence-electron chi connectivity index (χ0n) is 9.63. The highest BCUT2D eigenvalue weighted by atomic mass is 79.9. The van der Waals surface area contributed by atoms with Gasteiger partial charge in [-0.15, -0.1) is 0 Å². The van der Waals surface area contributed by atoms with Gasteiger partial charge in [-0.2, -0.15) is 0 Å². The van der Waals surface area contributed by atoms with Crippen molar-refractivity contribution in [3.8, 4) is 0 Å². The van der Waals surface area contributed by atoms with Gasteiger partial charge in [0.1, 0.15) is 5.82 Å². The maximum absolute atomic E-state index is 13.8. The fraction of sp³-hybridized carbons (Fsp3) is 0.538. The van der Waals surface area contributed by atoms with Gasteiger partial charge in [-0.05, 0) is 37.0 Å². The summed E-state index contributed by atoms with van der Waals surface area (Å²) in [6.45, 7) is 2.77. The van der Waals surface area contributed by atoms with E-state index >= 15 is 0 Å². The molecule has 1 N–H and O–H groups in total. The molecule has 3 rings (SSSR count). The highest BCUT2D eigenvalue weighted by molar-refractivity contribution is 9.10. The van der Waals surface area contributed by atoms with Gasteiger partial charge in [0.15, 0.2) is 0 Å². The molecule has 2 aliphatic rings. The number of nitrogens with zero attached hydrogens (tertiary/aromatic N) is 1. The van der Waals surface area contributed by atoms with E-state index in [2.05, 4.69) is 26.1 Å². The maximum atomic E-state index is 13.8. The Morgan fingerprint density at radius 2 is 2.18 bits per heavy atom. The van der Waals surface area contributed by atoms with Crippen molar-refractivity contribution in [2.24, 2.45) is 5.92 Å². The highest BCUT2D eigenvalue weighted by Gasteiger charge is 2.34. The van der Waals surface area contributed by atoms with Gasteiger partial charge in [0, 0.05) is 30.1 Å². The van der Waals surface area contributed by atoms with Crippen LogP contribution in [0.4, 0.5) is 10.1 Å². The van der Waals surface area contributed by atoms with Crippen LogP contribution in [0.2, 0.25) is 0 Å². The van der Waals surface area contributed by atoms with Crippen molar-refractivity contribution >= 4 is 21.6 Å². The van der Waals surface area contributed by atoms with Crippen molar-refractivity contribution in [2.75, 3.05) is 24.5 Å². The first-order valence-corrected chi connectivity index (χ1v) is 6.97. The second kappa shape index (κ2) is 4.58. The summed E-state index contributed by atoms with van der Waals surface area (Å²) in [5.41, 5.74) is 0.728. The summed E-state index contributed by atoms with van der Waals surface area (Å²) in [7, 11) is 0. The first kappa shape index (κ1) is 11.5. The van der Waals surface area contributed by atoms with Crippen LogP contribution < -0.4 is 10.2 Å². The summed E-state index contributed by atoms with van der Waals surface area (Å²) in [6.07, 6.45) is 2.65. The van der Waals surface area contributed by atoms with E-state index in [1.807, 2.05) is 6.07 Å². The zero-order valence-corrected chi connectivity index (χ0v) is 11.2. The van der Waals surface area contributed by atoms with Crippen LogP contribution in [0, 0.1) is 11.7 Å². The molecule has 0 aromatic heterocycles. The van der Waals surface area contributed by atoms with E-state index in [0.29, 0.717) is 6.04 Å². The summed E-state index contributed by atoms with van der Waals surface area (Å²) in [4.78, 5) is 2.17. The van der Waals surface area contributed by atoms with Crippen molar-refractivity contribution < 1.29 is 4.39 Å². The monoisotopic (exact) mass is 298 g/mol. The van der Waals surface area contributed by atoms with E-state index in [1.165, 1.54) is 18.9 Å². The minimum atomic E-state index is -0.121. The number of benzene rings is 1. The number of piperazine rings is 1. The number of anilines is 1. The molecular weight excluding hydrogens is 283 g/mol. The van der Waals surface area contributed by atoms with Gasteiger partial charge >= 0.3 is 0 Å². The molecular formula is C13H16BrFN2. The Hall–Kier alpha value is -0.610. The number of halogens is 2. The lowest BCUT2D eigenvalue weighted by Gasteiger charge is -2.35. The van der Waals surface area contributed by atoms with Gasteiger partial charge in [0.2, 0.25) is 0 Å². The Morgan fingerprint density at radius 1 is 1.35 bits per heavy atom. The molecule has 1 atom stereocenters. The van der Waals surface area contributed by atoms with Gasteiger partial charge in [-0.3, -0.25) is 0 Å².